The number of hydrogen-bond acceptors (Lipinski definition) is 3. The molecule has 4 nitrogen and oxygen atoms in total. The highest BCUT2D eigenvalue weighted by atomic mass is 16.5. The number of benzene rings is 1. The van der Waals surface area contributed by atoms with E-state index in [1.807, 2.05) is 36.5 Å². The Kier molecular flexibility index (Phi) is 3.55. The second-order valence-electron chi connectivity index (χ2n) is 3.56. The van der Waals surface area contributed by atoms with Gasteiger partial charge in [0.1, 0.15) is 0 Å². The van der Waals surface area contributed by atoms with Crippen LogP contribution >= 0.6 is 0 Å². The number of rotatable bonds is 4. The predicted molar refractivity (Wildman–Crippen MR) is 63.9 cm³/mol. The van der Waals surface area contributed by atoms with E-state index in [2.05, 4.69) is 5.10 Å². The summed E-state index contributed by atoms with van der Waals surface area (Å²) in [6, 6.07) is 9.52. The van der Waals surface area contributed by atoms with Crippen molar-refractivity contribution < 1.29 is 9.53 Å². The zero-order valence-corrected chi connectivity index (χ0v) is 9.67. The van der Waals surface area contributed by atoms with Gasteiger partial charge in [0.05, 0.1) is 18.7 Å². The molecule has 1 aromatic heterocycles. The van der Waals surface area contributed by atoms with Gasteiger partial charge < -0.3 is 4.74 Å². The van der Waals surface area contributed by atoms with Gasteiger partial charge >= 0.3 is 5.97 Å². The third-order valence-corrected chi connectivity index (χ3v) is 2.38. The Bertz CT molecular complexity index is 492. The van der Waals surface area contributed by atoms with E-state index < -0.39 is 0 Å². The van der Waals surface area contributed by atoms with Crippen LogP contribution in [0.1, 0.15) is 12.5 Å². The van der Waals surface area contributed by atoms with Gasteiger partial charge in [0.2, 0.25) is 0 Å². The summed E-state index contributed by atoms with van der Waals surface area (Å²) >= 11 is 0. The number of aromatic nitrogens is 2. The lowest BCUT2D eigenvalue weighted by molar-refractivity contribution is -0.142. The van der Waals surface area contributed by atoms with Gasteiger partial charge in [-0.1, -0.05) is 18.2 Å². The Balaban J connectivity index is 2.25. The second kappa shape index (κ2) is 5.30. The number of para-hydroxylation sites is 1. The number of esters is 1. The fraction of sp³-hybridized carbons (Fsp3) is 0.231. The monoisotopic (exact) mass is 230 g/mol. The van der Waals surface area contributed by atoms with Crippen molar-refractivity contribution in [2.24, 2.45) is 0 Å². The van der Waals surface area contributed by atoms with Gasteiger partial charge in [-0.15, -0.1) is 0 Å². The van der Waals surface area contributed by atoms with Crippen molar-refractivity contribution in [2.45, 2.75) is 13.3 Å². The molecule has 0 atom stereocenters. The van der Waals surface area contributed by atoms with Crippen molar-refractivity contribution in [3.8, 4) is 5.69 Å². The number of hydrogen-bond donors (Lipinski definition) is 0. The number of ether oxygens (including phenoxy) is 1. The Hall–Kier alpha value is -2.10. The van der Waals surface area contributed by atoms with Crippen molar-refractivity contribution >= 4 is 5.97 Å². The first kappa shape index (κ1) is 11.4. The Labute approximate surface area is 99.8 Å². The SMILES string of the molecule is CCOC(=O)Cc1ccccc1-n1cccn1. The van der Waals surface area contributed by atoms with Gasteiger partial charge in [-0.25, -0.2) is 4.68 Å². The molecule has 1 heterocycles. The highest BCUT2D eigenvalue weighted by Gasteiger charge is 2.09. The summed E-state index contributed by atoms with van der Waals surface area (Å²) in [6.45, 7) is 2.21. The molecule has 0 fully saturated rings. The predicted octanol–water partition coefficient (Wildman–Crippen LogP) is 1.98. The van der Waals surface area contributed by atoms with E-state index in [0.29, 0.717) is 6.61 Å². The maximum absolute atomic E-state index is 11.5. The maximum atomic E-state index is 11.5. The number of nitrogens with zero attached hydrogens (tertiary/aromatic N) is 2. The van der Waals surface area contributed by atoms with Gasteiger partial charge in [-0.3, -0.25) is 4.79 Å². The lowest BCUT2D eigenvalue weighted by Crippen LogP contribution is -2.10. The van der Waals surface area contributed by atoms with Gasteiger partial charge in [-0.05, 0) is 24.6 Å². The number of carbonyl (C=O) groups is 1. The zero-order chi connectivity index (χ0) is 12.1. The Morgan fingerprint density at radius 2 is 2.18 bits per heavy atom. The second-order valence-corrected chi connectivity index (χ2v) is 3.56. The van der Waals surface area contributed by atoms with Crippen LogP contribution in [0.25, 0.3) is 5.69 Å². The molecule has 0 radical (unpaired) electrons. The average Bonchev–Trinajstić information content (AvgIpc) is 2.83. The van der Waals surface area contributed by atoms with Crippen LogP contribution in [0, 0.1) is 0 Å². The van der Waals surface area contributed by atoms with Crippen LogP contribution in [0.4, 0.5) is 0 Å². The summed E-state index contributed by atoms with van der Waals surface area (Å²) in [4.78, 5) is 11.5. The van der Waals surface area contributed by atoms with Gasteiger partial charge in [0.25, 0.3) is 0 Å². The molecule has 17 heavy (non-hydrogen) atoms. The summed E-state index contributed by atoms with van der Waals surface area (Å²) < 4.78 is 6.69. The van der Waals surface area contributed by atoms with Crippen LogP contribution in [-0.2, 0) is 16.0 Å². The fourth-order valence-electron chi connectivity index (χ4n) is 1.66. The maximum Gasteiger partial charge on any atom is 0.310 e. The van der Waals surface area contributed by atoms with E-state index in [9.17, 15) is 4.79 Å². The molecule has 0 saturated carbocycles. The van der Waals surface area contributed by atoms with Crippen molar-refractivity contribution in [1.82, 2.24) is 9.78 Å². The minimum atomic E-state index is -0.216. The summed E-state index contributed by atoms with van der Waals surface area (Å²) in [5, 5.41) is 4.16. The number of carbonyl (C=O) groups excluding carboxylic acids is 1. The molecular formula is C13H14N2O2. The van der Waals surface area contributed by atoms with Crippen LogP contribution in [0.5, 0.6) is 0 Å². The Morgan fingerprint density at radius 3 is 2.88 bits per heavy atom. The van der Waals surface area contributed by atoms with E-state index in [-0.39, 0.29) is 12.4 Å². The van der Waals surface area contributed by atoms with E-state index in [1.165, 1.54) is 0 Å². The van der Waals surface area contributed by atoms with Crippen molar-refractivity contribution in [3.05, 3.63) is 48.3 Å². The molecule has 88 valence electrons. The first-order chi connectivity index (χ1) is 8.31. The molecule has 0 saturated heterocycles. The van der Waals surface area contributed by atoms with Crippen LogP contribution in [0.15, 0.2) is 42.7 Å². The Morgan fingerprint density at radius 1 is 1.35 bits per heavy atom. The first-order valence-corrected chi connectivity index (χ1v) is 5.55. The first-order valence-electron chi connectivity index (χ1n) is 5.55. The topological polar surface area (TPSA) is 44.1 Å². The fourth-order valence-corrected chi connectivity index (χ4v) is 1.66. The molecule has 4 heteroatoms. The molecular weight excluding hydrogens is 216 g/mol. The highest BCUT2D eigenvalue weighted by molar-refractivity contribution is 5.74. The molecule has 0 unspecified atom stereocenters. The summed E-state index contributed by atoms with van der Waals surface area (Å²) in [7, 11) is 0. The summed E-state index contributed by atoms with van der Waals surface area (Å²) in [5.41, 5.74) is 1.82. The van der Waals surface area contributed by atoms with E-state index in [0.717, 1.165) is 11.3 Å². The molecule has 0 spiro atoms. The van der Waals surface area contributed by atoms with Crippen LogP contribution in [0.2, 0.25) is 0 Å². The van der Waals surface area contributed by atoms with Gasteiger partial charge in [0.15, 0.2) is 0 Å². The third kappa shape index (κ3) is 2.72. The smallest absolute Gasteiger partial charge is 0.310 e. The highest BCUT2D eigenvalue weighted by Crippen LogP contribution is 2.14. The molecule has 0 bridgehead atoms. The largest absolute Gasteiger partial charge is 0.466 e. The molecule has 2 aromatic rings. The lowest BCUT2D eigenvalue weighted by Gasteiger charge is -2.08. The molecule has 2 rings (SSSR count). The van der Waals surface area contributed by atoms with Gasteiger partial charge in [0, 0.05) is 12.4 Å². The van der Waals surface area contributed by atoms with E-state index in [4.69, 9.17) is 4.74 Å². The molecule has 0 amide bonds. The zero-order valence-electron chi connectivity index (χ0n) is 9.67. The minimum Gasteiger partial charge on any atom is -0.466 e. The van der Waals surface area contributed by atoms with E-state index >= 15 is 0 Å². The summed E-state index contributed by atoms with van der Waals surface area (Å²) in [5.74, 6) is -0.216. The minimum absolute atomic E-state index is 0.216. The van der Waals surface area contributed by atoms with Crippen molar-refractivity contribution in [2.75, 3.05) is 6.61 Å². The molecule has 1 aromatic carbocycles. The van der Waals surface area contributed by atoms with Crippen molar-refractivity contribution in [1.29, 1.82) is 0 Å². The van der Waals surface area contributed by atoms with Crippen LogP contribution in [0.3, 0.4) is 0 Å². The average molecular weight is 230 g/mol. The van der Waals surface area contributed by atoms with E-state index in [1.54, 1.807) is 17.8 Å². The molecule has 0 N–H and O–H groups in total. The molecule has 0 aliphatic rings. The summed E-state index contributed by atoms with van der Waals surface area (Å²) in [6.07, 6.45) is 3.83. The molecule has 0 aliphatic heterocycles. The lowest BCUT2D eigenvalue weighted by atomic mass is 10.1. The van der Waals surface area contributed by atoms with Crippen LogP contribution < -0.4 is 0 Å². The standard InChI is InChI=1S/C13H14N2O2/c1-2-17-13(16)10-11-6-3-4-7-12(11)15-9-5-8-14-15/h3-9H,2,10H2,1H3. The third-order valence-electron chi connectivity index (χ3n) is 2.38. The molecule has 0 aliphatic carbocycles. The van der Waals surface area contributed by atoms with Gasteiger partial charge in [-0.2, -0.15) is 5.10 Å². The normalized spacial score (nSPS) is 10.2. The van der Waals surface area contributed by atoms with Crippen molar-refractivity contribution in [3.63, 3.8) is 0 Å². The quantitative estimate of drug-likeness (QED) is 0.754. The van der Waals surface area contributed by atoms with Crippen LogP contribution in [-0.4, -0.2) is 22.4 Å².